The first-order valence-corrected chi connectivity index (χ1v) is 6.75. The molecule has 1 amide bonds. The maximum atomic E-state index is 12.2. The Balaban J connectivity index is 2.54. The number of methoxy groups -OCH3 is 1. The summed E-state index contributed by atoms with van der Waals surface area (Å²) in [5, 5.41) is 2.86. The zero-order valence-electron chi connectivity index (χ0n) is 12.3. The van der Waals surface area contributed by atoms with Gasteiger partial charge in [0.05, 0.1) is 19.6 Å². The molecule has 1 aromatic carbocycles. The van der Waals surface area contributed by atoms with Crippen molar-refractivity contribution in [2.75, 3.05) is 25.5 Å². The van der Waals surface area contributed by atoms with Gasteiger partial charge in [0.25, 0.3) is 0 Å². The monoisotopic (exact) mass is 278 g/mol. The minimum Gasteiger partial charge on any atom is -0.469 e. The van der Waals surface area contributed by atoms with Crippen LogP contribution in [0.3, 0.4) is 0 Å². The van der Waals surface area contributed by atoms with Crippen molar-refractivity contribution in [3.05, 3.63) is 30.3 Å². The lowest BCUT2D eigenvalue weighted by atomic mass is 10.2. The van der Waals surface area contributed by atoms with Crippen molar-refractivity contribution in [1.29, 1.82) is 0 Å². The number of benzene rings is 1. The summed E-state index contributed by atoms with van der Waals surface area (Å²) in [6.07, 6.45) is 0.285. The van der Waals surface area contributed by atoms with E-state index in [9.17, 15) is 9.59 Å². The smallest absolute Gasteiger partial charge is 0.306 e. The molecule has 5 heteroatoms. The lowest BCUT2D eigenvalue weighted by molar-refractivity contribution is -0.141. The van der Waals surface area contributed by atoms with Crippen LogP contribution in [0.25, 0.3) is 0 Å². The molecular weight excluding hydrogens is 256 g/mol. The number of rotatable bonds is 7. The summed E-state index contributed by atoms with van der Waals surface area (Å²) in [5.74, 6) is -0.345. The highest BCUT2D eigenvalue weighted by Crippen LogP contribution is 2.08. The number of nitrogens with one attached hydrogen (secondary N) is 1. The van der Waals surface area contributed by atoms with Crippen LogP contribution in [0.15, 0.2) is 30.3 Å². The normalized spacial score (nSPS) is 12.0. The molecule has 1 N–H and O–H groups in total. The summed E-state index contributed by atoms with van der Waals surface area (Å²) in [6.45, 7) is 5.00. The molecule has 0 spiro atoms. The molecule has 1 unspecified atom stereocenters. The SMILES string of the molecule is CCN(CCC(=O)OC)C(C)C(=O)Nc1ccccc1. The van der Waals surface area contributed by atoms with E-state index < -0.39 is 0 Å². The predicted molar refractivity (Wildman–Crippen MR) is 78.4 cm³/mol. The molecule has 0 aliphatic rings. The molecule has 0 aromatic heterocycles. The molecule has 0 radical (unpaired) electrons. The van der Waals surface area contributed by atoms with Crippen LogP contribution < -0.4 is 5.32 Å². The maximum absolute atomic E-state index is 12.2. The van der Waals surface area contributed by atoms with Crippen molar-refractivity contribution in [1.82, 2.24) is 4.90 Å². The van der Waals surface area contributed by atoms with Gasteiger partial charge in [-0.3, -0.25) is 14.5 Å². The summed E-state index contributed by atoms with van der Waals surface area (Å²) < 4.78 is 4.61. The van der Waals surface area contributed by atoms with E-state index in [1.165, 1.54) is 7.11 Å². The summed E-state index contributed by atoms with van der Waals surface area (Å²) in [5.41, 5.74) is 0.772. The molecule has 20 heavy (non-hydrogen) atoms. The van der Waals surface area contributed by atoms with Crippen LogP contribution in [0.4, 0.5) is 5.69 Å². The second-order valence-electron chi connectivity index (χ2n) is 4.49. The van der Waals surface area contributed by atoms with Gasteiger partial charge in [0.15, 0.2) is 0 Å². The van der Waals surface area contributed by atoms with Gasteiger partial charge in [-0.15, -0.1) is 0 Å². The van der Waals surface area contributed by atoms with E-state index in [0.29, 0.717) is 13.1 Å². The molecule has 0 saturated heterocycles. The third-order valence-corrected chi connectivity index (χ3v) is 3.21. The number of esters is 1. The quantitative estimate of drug-likeness (QED) is 0.774. The average molecular weight is 278 g/mol. The van der Waals surface area contributed by atoms with Gasteiger partial charge in [0.2, 0.25) is 5.91 Å². The topological polar surface area (TPSA) is 58.6 Å². The number of hydrogen-bond donors (Lipinski definition) is 1. The van der Waals surface area contributed by atoms with E-state index in [1.807, 2.05) is 49.1 Å². The molecule has 5 nitrogen and oxygen atoms in total. The number of carbonyl (C=O) groups is 2. The Kier molecular flexibility index (Phi) is 6.73. The van der Waals surface area contributed by atoms with Crippen molar-refractivity contribution in [3.8, 4) is 0 Å². The van der Waals surface area contributed by atoms with Gasteiger partial charge in [-0.05, 0) is 25.6 Å². The molecular formula is C15H22N2O3. The average Bonchev–Trinajstić information content (AvgIpc) is 2.48. The van der Waals surface area contributed by atoms with Gasteiger partial charge >= 0.3 is 5.97 Å². The maximum Gasteiger partial charge on any atom is 0.306 e. The standard InChI is InChI=1S/C15H22N2O3/c1-4-17(11-10-14(18)20-3)12(2)15(19)16-13-8-6-5-7-9-13/h5-9,12H,4,10-11H2,1-3H3,(H,16,19). The van der Waals surface area contributed by atoms with Gasteiger partial charge in [0, 0.05) is 12.2 Å². The van der Waals surface area contributed by atoms with Crippen LogP contribution in [0, 0.1) is 0 Å². The van der Waals surface area contributed by atoms with Crippen molar-refractivity contribution >= 4 is 17.6 Å². The number of para-hydroxylation sites is 1. The summed E-state index contributed by atoms with van der Waals surface area (Å²) >= 11 is 0. The molecule has 0 fully saturated rings. The fourth-order valence-electron chi connectivity index (χ4n) is 1.90. The fourth-order valence-corrected chi connectivity index (χ4v) is 1.90. The van der Waals surface area contributed by atoms with Gasteiger partial charge in [-0.2, -0.15) is 0 Å². The molecule has 110 valence electrons. The Morgan fingerprint density at radius 3 is 2.50 bits per heavy atom. The molecule has 0 heterocycles. The molecule has 0 aliphatic heterocycles. The molecule has 1 rings (SSSR count). The van der Waals surface area contributed by atoms with E-state index in [4.69, 9.17) is 0 Å². The Hall–Kier alpha value is -1.88. The first-order valence-electron chi connectivity index (χ1n) is 6.75. The van der Waals surface area contributed by atoms with Crippen LogP contribution in [0.5, 0.6) is 0 Å². The van der Waals surface area contributed by atoms with Gasteiger partial charge in [0.1, 0.15) is 0 Å². The first-order chi connectivity index (χ1) is 9.58. The number of nitrogens with zero attached hydrogens (tertiary/aromatic N) is 1. The summed E-state index contributed by atoms with van der Waals surface area (Å²) in [4.78, 5) is 25.3. The van der Waals surface area contributed by atoms with Gasteiger partial charge in [-0.25, -0.2) is 0 Å². The second-order valence-corrected chi connectivity index (χ2v) is 4.49. The minimum absolute atomic E-state index is 0.0806. The van der Waals surface area contributed by atoms with Crippen LogP contribution >= 0.6 is 0 Å². The number of hydrogen-bond acceptors (Lipinski definition) is 4. The number of likely N-dealkylation sites (N-methyl/N-ethyl adjacent to an activating group) is 1. The van der Waals surface area contributed by atoms with Crippen molar-refractivity contribution in [2.24, 2.45) is 0 Å². The van der Waals surface area contributed by atoms with Gasteiger partial charge < -0.3 is 10.1 Å². The van der Waals surface area contributed by atoms with E-state index in [1.54, 1.807) is 0 Å². The zero-order valence-corrected chi connectivity index (χ0v) is 12.3. The molecule has 0 bridgehead atoms. The van der Waals surface area contributed by atoms with Gasteiger partial charge in [-0.1, -0.05) is 25.1 Å². The van der Waals surface area contributed by atoms with Crippen molar-refractivity contribution in [2.45, 2.75) is 26.3 Å². The van der Waals surface area contributed by atoms with E-state index >= 15 is 0 Å². The van der Waals surface area contributed by atoms with Crippen LogP contribution in [-0.2, 0) is 14.3 Å². The Labute approximate surface area is 119 Å². The number of carbonyl (C=O) groups excluding carboxylic acids is 2. The largest absolute Gasteiger partial charge is 0.469 e. The lowest BCUT2D eigenvalue weighted by Crippen LogP contribution is -2.43. The fraction of sp³-hybridized carbons (Fsp3) is 0.467. The Bertz CT molecular complexity index is 434. The van der Waals surface area contributed by atoms with E-state index in [0.717, 1.165) is 5.69 Å². The molecule has 0 aliphatic carbocycles. The molecule has 0 saturated carbocycles. The highest BCUT2D eigenvalue weighted by Gasteiger charge is 2.20. The molecule has 1 aromatic rings. The van der Waals surface area contributed by atoms with E-state index in [2.05, 4.69) is 10.1 Å². The lowest BCUT2D eigenvalue weighted by Gasteiger charge is -2.26. The number of anilines is 1. The Morgan fingerprint density at radius 2 is 1.95 bits per heavy atom. The summed E-state index contributed by atoms with van der Waals surface area (Å²) in [7, 11) is 1.37. The van der Waals surface area contributed by atoms with Crippen LogP contribution in [0.2, 0.25) is 0 Å². The molecule has 1 atom stereocenters. The minimum atomic E-state index is -0.301. The first kappa shape index (κ1) is 16.2. The predicted octanol–water partition coefficient (Wildman–Crippen LogP) is 1.90. The van der Waals surface area contributed by atoms with Crippen molar-refractivity contribution in [3.63, 3.8) is 0 Å². The highest BCUT2D eigenvalue weighted by atomic mass is 16.5. The number of ether oxygens (including phenoxy) is 1. The van der Waals surface area contributed by atoms with Crippen LogP contribution in [0.1, 0.15) is 20.3 Å². The third kappa shape index (κ3) is 5.01. The van der Waals surface area contributed by atoms with E-state index in [-0.39, 0.29) is 24.3 Å². The zero-order chi connectivity index (χ0) is 15.0. The summed E-state index contributed by atoms with van der Waals surface area (Å²) in [6, 6.07) is 9.02. The Morgan fingerprint density at radius 1 is 1.30 bits per heavy atom. The van der Waals surface area contributed by atoms with Crippen LogP contribution in [-0.4, -0.2) is 43.0 Å². The highest BCUT2D eigenvalue weighted by molar-refractivity contribution is 5.94. The van der Waals surface area contributed by atoms with Crippen molar-refractivity contribution < 1.29 is 14.3 Å². The third-order valence-electron chi connectivity index (χ3n) is 3.21. The second kappa shape index (κ2) is 8.32. The number of amides is 1.